The Hall–Kier alpha value is -2.16. The van der Waals surface area contributed by atoms with Crippen LogP contribution in [0.1, 0.15) is 92.9 Å². The number of carbonyl (C=O) groups is 2. The van der Waals surface area contributed by atoms with E-state index in [1.807, 2.05) is 13.8 Å². The smallest absolute Gasteiger partial charge is 0.407 e. The number of aliphatic hydroxyl groups is 1. The van der Waals surface area contributed by atoms with Crippen molar-refractivity contribution in [2.45, 2.75) is 109 Å². The Balaban J connectivity index is 3.91. The van der Waals surface area contributed by atoms with E-state index in [1.54, 1.807) is 42.4 Å². The fourth-order valence-electron chi connectivity index (χ4n) is 3.32. The molecule has 42 heavy (non-hydrogen) atoms. The molecule has 0 aliphatic carbocycles. The van der Waals surface area contributed by atoms with E-state index in [0.29, 0.717) is 13.0 Å². The fraction of sp³-hybridized carbons (Fsp3) is 0.588. The van der Waals surface area contributed by atoms with Gasteiger partial charge in [0.1, 0.15) is 5.60 Å². The molecule has 0 bridgehead atoms. The van der Waals surface area contributed by atoms with Gasteiger partial charge in [-0.3, -0.25) is 4.79 Å². The van der Waals surface area contributed by atoms with E-state index in [2.05, 4.69) is 90.5 Å². The summed E-state index contributed by atoms with van der Waals surface area (Å²) in [4.78, 5) is 24.2. The van der Waals surface area contributed by atoms with Gasteiger partial charge in [-0.1, -0.05) is 101 Å². The average Bonchev–Trinajstić information content (AvgIpc) is 2.91. The highest BCUT2D eigenvalue weighted by Crippen LogP contribution is 2.37. The Kier molecular flexibility index (Phi) is 24.0. The molecule has 0 aromatic carbocycles. The van der Waals surface area contributed by atoms with E-state index in [1.165, 1.54) is 0 Å². The van der Waals surface area contributed by atoms with Gasteiger partial charge in [0, 0.05) is 23.5 Å². The molecule has 0 radical (unpaired) electrons. The first-order valence-electron chi connectivity index (χ1n) is 15.1. The summed E-state index contributed by atoms with van der Waals surface area (Å²) >= 11 is 0. The van der Waals surface area contributed by atoms with E-state index in [9.17, 15) is 14.7 Å². The number of alkyl carbamates (subject to hydrolysis) is 1. The summed E-state index contributed by atoms with van der Waals surface area (Å²) in [6.07, 6.45) is 32.6. The van der Waals surface area contributed by atoms with Gasteiger partial charge in [-0.2, -0.15) is 0 Å². The van der Waals surface area contributed by atoms with Crippen molar-refractivity contribution < 1.29 is 19.4 Å². The number of ether oxygens (including phenoxy) is 1. The normalized spacial score (nSPS) is 13.9. The topological polar surface area (TPSA) is 87.7 Å². The molecule has 0 saturated carbocycles. The van der Waals surface area contributed by atoms with Crippen LogP contribution in [-0.4, -0.2) is 52.4 Å². The standard InChI is InChI=1S/C34H56N2O4S2/c1-7-8-9-10-11-12-13-14-15-16-17-18-19-20-21-22-23-24-25-26-31(38)35-27-28-41-42-34(5,6)30(29-37)36-32(39)40-33(2,3)4/h8-9,11-12,14-15,17-18,20-21,23-24,30,37H,7,10,13,16,19,22,25-29H2,1-6H3,(H,35,38)(H,36,39)/b9-8-,12-11-,15-14-,18-17-,21-20-,24-23-/t30-/m1/s1. The number of hydrogen-bond donors (Lipinski definition) is 3. The lowest BCUT2D eigenvalue weighted by Crippen LogP contribution is -2.50. The molecule has 6 nitrogen and oxygen atoms in total. The van der Waals surface area contributed by atoms with Crippen LogP contribution in [-0.2, 0) is 9.53 Å². The number of allylic oxidation sites excluding steroid dienone is 12. The van der Waals surface area contributed by atoms with Gasteiger partial charge < -0.3 is 20.5 Å². The zero-order valence-electron chi connectivity index (χ0n) is 26.8. The lowest BCUT2D eigenvalue weighted by Gasteiger charge is -2.33. The zero-order chi connectivity index (χ0) is 31.5. The van der Waals surface area contributed by atoms with Crippen molar-refractivity contribution in [1.82, 2.24) is 10.6 Å². The summed E-state index contributed by atoms with van der Waals surface area (Å²) < 4.78 is 4.88. The van der Waals surface area contributed by atoms with Crippen LogP contribution in [0.4, 0.5) is 4.79 Å². The van der Waals surface area contributed by atoms with E-state index in [4.69, 9.17) is 4.74 Å². The van der Waals surface area contributed by atoms with Crippen LogP contribution in [0.3, 0.4) is 0 Å². The van der Waals surface area contributed by atoms with Crippen molar-refractivity contribution >= 4 is 33.6 Å². The molecule has 0 rings (SSSR count). The Labute approximate surface area is 264 Å². The predicted molar refractivity (Wildman–Crippen MR) is 185 cm³/mol. The minimum absolute atomic E-state index is 0.0409. The van der Waals surface area contributed by atoms with Gasteiger partial charge in [-0.25, -0.2) is 4.79 Å². The second-order valence-corrected chi connectivity index (χ2v) is 14.3. The van der Waals surface area contributed by atoms with Crippen molar-refractivity contribution in [1.29, 1.82) is 0 Å². The van der Waals surface area contributed by atoms with E-state index < -0.39 is 22.5 Å². The van der Waals surface area contributed by atoms with Crippen LogP contribution in [0.15, 0.2) is 72.9 Å². The number of aliphatic hydroxyl groups excluding tert-OH is 1. The molecule has 238 valence electrons. The summed E-state index contributed by atoms with van der Waals surface area (Å²) in [5, 5.41) is 15.5. The van der Waals surface area contributed by atoms with Crippen LogP contribution in [0, 0.1) is 0 Å². The first kappa shape index (κ1) is 39.8. The molecular formula is C34H56N2O4S2. The first-order chi connectivity index (χ1) is 20.0. The van der Waals surface area contributed by atoms with Gasteiger partial charge in [-0.15, -0.1) is 0 Å². The van der Waals surface area contributed by atoms with Crippen LogP contribution < -0.4 is 10.6 Å². The second-order valence-electron chi connectivity index (χ2n) is 11.2. The van der Waals surface area contributed by atoms with E-state index >= 15 is 0 Å². The van der Waals surface area contributed by atoms with Crippen LogP contribution >= 0.6 is 21.6 Å². The third kappa shape index (κ3) is 25.5. The minimum atomic E-state index is -0.597. The third-order valence-corrected chi connectivity index (χ3v) is 8.97. The molecule has 0 aliphatic rings. The number of amides is 2. The van der Waals surface area contributed by atoms with Gasteiger partial charge in [-0.05, 0) is 79.6 Å². The van der Waals surface area contributed by atoms with Crippen LogP contribution in [0.2, 0.25) is 0 Å². The highest BCUT2D eigenvalue weighted by molar-refractivity contribution is 8.77. The van der Waals surface area contributed by atoms with Gasteiger partial charge in [0.25, 0.3) is 0 Å². The van der Waals surface area contributed by atoms with E-state index in [0.717, 1.165) is 50.7 Å². The van der Waals surface area contributed by atoms with Gasteiger partial charge >= 0.3 is 6.09 Å². The number of nitrogens with one attached hydrogen (secondary N) is 2. The molecule has 0 unspecified atom stereocenters. The van der Waals surface area contributed by atoms with Crippen LogP contribution in [0.5, 0.6) is 0 Å². The van der Waals surface area contributed by atoms with Gasteiger partial charge in [0.2, 0.25) is 5.91 Å². The molecule has 2 amide bonds. The summed E-state index contributed by atoms with van der Waals surface area (Å²) in [7, 11) is 3.17. The highest BCUT2D eigenvalue weighted by Gasteiger charge is 2.32. The average molecular weight is 621 g/mol. The summed E-state index contributed by atoms with van der Waals surface area (Å²) in [5.41, 5.74) is -0.597. The Bertz CT molecular complexity index is 900. The van der Waals surface area contributed by atoms with Crippen LogP contribution in [0.25, 0.3) is 0 Å². The molecule has 0 spiro atoms. The molecule has 0 aromatic rings. The van der Waals surface area contributed by atoms with Gasteiger partial charge in [0.05, 0.1) is 12.6 Å². The molecule has 3 N–H and O–H groups in total. The molecular weight excluding hydrogens is 565 g/mol. The first-order valence-corrected chi connectivity index (χ1v) is 17.4. The largest absolute Gasteiger partial charge is 0.444 e. The van der Waals surface area contributed by atoms with Crippen molar-refractivity contribution in [3.8, 4) is 0 Å². The number of rotatable bonds is 22. The Morgan fingerprint density at radius 2 is 1.26 bits per heavy atom. The fourth-order valence-corrected chi connectivity index (χ4v) is 5.90. The number of carbonyl (C=O) groups excluding carboxylic acids is 2. The summed E-state index contributed by atoms with van der Waals surface area (Å²) in [6.45, 7) is 11.9. The highest BCUT2D eigenvalue weighted by atomic mass is 33.1. The second kappa shape index (κ2) is 25.3. The monoisotopic (exact) mass is 620 g/mol. The molecule has 0 saturated heterocycles. The molecule has 8 heteroatoms. The Morgan fingerprint density at radius 1 is 0.786 bits per heavy atom. The minimum Gasteiger partial charge on any atom is -0.444 e. The van der Waals surface area contributed by atoms with Crippen molar-refractivity contribution in [2.75, 3.05) is 18.9 Å². The molecule has 0 aromatic heterocycles. The summed E-state index contributed by atoms with van der Waals surface area (Å²) in [5.74, 6) is 0.767. The van der Waals surface area contributed by atoms with E-state index in [-0.39, 0.29) is 12.5 Å². The summed E-state index contributed by atoms with van der Waals surface area (Å²) in [6, 6.07) is -0.458. The maximum absolute atomic E-state index is 12.1. The van der Waals surface area contributed by atoms with Gasteiger partial charge in [0.15, 0.2) is 0 Å². The predicted octanol–water partition coefficient (Wildman–Crippen LogP) is 8.63. The molecule has 0 fully saturated rings. The van der Waals surface area contributed by atoms with Crippen molar-refractivity contribution in [2.24, 2.45) is 0 Å². The van der Waals surface area contributed by atoms with Crippen molar-refractivity contribution in [3.05, 3.63) is 72.9 Å². The molecule has 0 heterocycles. The maximum Gasteiger partial charge on any atom is 0.407 e. The maximum atomic E-state index is 12.1. The number of hydrogen-bond acceptors (Lipinski definition) is 6. The molecule has 0 aliphatic heterocycles. The molecule has 1 atom stereocenters. The zero-order valence-corrected chi connectivity index (χ0v) is 28.4. The van der Waals surface area contributed by atoms with Crippen molar-refractivity contribution in [3.63, 3.8) is 0 Å². The SMILES string of the molecule is CC/C=C\C/C=C\C/C=C\C/C=C\C/C=C\C/C=C\CCC(=O)NCCSSC(C)(C)[C@@H](CO)NC(=O)OC(C)(C)C. The lowest BCUT2D eigenvalue weighted by atomic mass is 10.0. The third-order valence-electron chi connectivity index (χ3n) is 5.63. The Morgan fingerprint density at radius 3 is 1.71 bits per heavy atom. The lowest BCUT2D eigenvalue weighted by molar-refractivity contribution is -0.120. The quantitative estimate of drug-likeness (QED) is 0.0638.